The number of fused-ring (bicyclic) bond motifs is 1. The van der Waals surface area contributed by atoms with E-state index in [2.05, 4.69) is 24.8 Å². The van der Waals surface area contributed by atoms with Crippen LogP contribution in [0.3, 0.4) is 0 Å². The highest BCUT2D eigenvalue weighted by atomic mass is 16.6. The lowest BCUT2D eigenvalue weighted by Gasteiger charge is -2.41. The van der Waals surface area contributed by atoms with Gasteiger partial charge in [-0.15, -0.1) is 0 Å². The molecule has 0 spiro atoms. The van der Waals surface area contributed by atoms with Gasteiger partial charge >= 0.3 is 5.97 Å². The molecule has 8 heteroatoms. The number of esters is 1. The summed E-state index contributed by atoms with van der Waals surface area (Å²) in [5, 5.41) is 10.7. The third kappa shape index (κ3) is 7.33. The molecule has 45 heavy (non-hydrogen) atoms. The summed E-state index contributed by atoms with van der Waals surface area (Å²) in [4.78, 5) is 25.6. The van der Waals surface area contributed by atoms with Crippen molar-refractivity contribution in [2.45, 2.75) is 105 Å². The maximum Gasteiger partial charge on any atom is 0.340 e. The van der Waals surface area contributed by atoms with E-state index in [9.17, 15) is 9.90 Å². The first-order chi connectivity index (χ1) is 21.3. The number of carbonyl (C=O) groups excluding carboxylic acids is 1. The Bertz CT molecular complexity index is 1530. The van der Waals surface area contributed by atoms with E-state index in [-0.39, 0.29) is 24.7 Å². The minimum absolute atomic E-state index is 0.101. The van der Waals surface area contributed by atoms with Crippen molar-refractivity contribution in [1.82, 2.24) is 9.97 Å². The van der Waals surface area contributed by atoms with Gasteiger partial charge in [0.2, 0.25) is 0 Å². The Hall–Kier alpha value is -3.49. The second kappa shape index (κ2) is 13.1. The number of ether oxygens (including phenoxy) is 3. The topological polar surface area (TPSA) is 94.0 Å². The van der Waals surface area contributed by atoms with Crippen LogP contribution in [0.1, 0.15) is 107 Å². The quantitative estimate of drug-likeness (QED) is 0.263. The number of nitrogens with zero attached hydrogens (tertiary/aromatic N) is 3. The summed E-state index contributed by atoms with van der Waals surface area (Å²) in [6.45, 7) is 17.8. The van der Waals surface area contributed by atoms with Crippen LogP contribution in [0, 0.1) is 19.3 Å². The number of benzene rings is 1. The van der Waals surface area contributed by atoms with Crippen molar-refractivity contribution in [1.29, 1.82) is 0 Å². The minimum atomic E-state index is -0.975. The lowest BCUT2D eigenvalue weighted by atomic mass is 9.81. The molecule has 0 bridgehead atoms. The monoisotopic (exact) mass is 615 g/mol. The zero-order valence-corrected chi connectivity index (χ0v) is 28.2. The molecule has 1 fully saturated rings. The van der Waals surface area contributed by atoms with Crippen molar-refractivity contribution >= 4 is 11.7 Å². The van der Waals surface area contributed by atoms with Crippen LogP contribution in [0.4, 0.5) is 5.69 Å². The highest BCUT2D eigenvalue weighted by Crippen LogP contribution is 2.46. The largest absolute Gasteiger partial charge is 0.484 e. The number of aliphatic hydroxyl groups is 1. The number of piperidine rings is 1. The average molecular weight is 616 g/mol. The lowest BCUT2D eigenvalue weighted by Crippen LogP contribution is -2.39. The minimum Gasteiger partial charge on any atom is -0.484 e. The Labute approximate surface area is 268 Å². The molecule has 2 aliphatic rings. The normalized spacial score (nSPS) is 18.6. The van der Waals surface area contributed by atoms with Crippen LogP contribution < -0.4 is 9.64 Å². The molecular formula is C37H49N3O5. The molecule has 4 heterocycles. The van der Waals surface area contributed by atoms with Gasteiger partial charge in [0.15, 0.2) is 6.10 Å². The van der Waals surface area contributed by atoms with E-state index < -0.39 is 17.7 Å². The highest BCUT2D eigenvalue weighted by molar-refractivity contribution is 5.89. The van der Waals surface area contributed by atoms with Crippen LogP contribution >= 0.6 is 0 Å². The van der Waals surface area contributed by atoms with E-state index in [0.717, 1.165) is 78.3 Å². The summed E-state index contributed by atoms with van der Waals surface area (Å²) in [5.74, 6) is 0.402. The van der Waals surface area contributed by atoms with E-state index in [4.69, 9.17) is 24.2 Å². The third-order valence-electron chi connectivity index (χ3n) is 8.82. The first-order valence-electron chi connectivity index (χ1n) is 16.3. The van der Waals surface area contributed by atoms with Crippen LogP contribution in [-0.2, 0) is 27.3 Å². The van der Waals surface area contributed by atoms with E-state index in [1.54, 1.807) is 6.92 Å². The van der Waals surface area contributed by atoms with Crippen molar-refractivity contribution in [2.24, 2.45) is 5.41 Å². The number of hydrogen-bond donors (Lipinski definition) is 1. The first-order valence-corrected chi connectivity index (χ1v) is 16.3. The van der Waals surface area contributed by atoms with Crippen LogP contribution in [0.15, 0.2) is 36.4 Å². The van der Waals surface area contributed by atoms with Gasteiger partial charge in [-0.1, -0.05) is 26.0 Å². The number of aromatic nitrogens is 2. The molecule has 1 N–H and O–H groups in total. The molecule has 0 radical (unpaired) electrons. The maximum atomic E-state index is 13.6. The Balaban J connectivity index is 1.66. The van der Waals surface area contributed by atoms with Gasteiger partial charge in [-0.05, 0) is 108 Å². The molecule has 1 saturated heterocycles. The Morgan fingerprint density at radius 2 is 1.87 bits per heavy atom. The van der Waals surface area contributed by atoms with Crippen molar-refractivity contribution in [3.8, 4) is 16.9 Å². The molecule has 1 unspecified atom stereocenters. The van der Waals surface area contributed by atoms with Gasteiger partial charge in [0, 0.05) is 35.6 Å². The predicted molar refractivity (Wildman–Crippen MR) is 176 cm³/mol. The number of aliphatic hydroxyl groups excluding tert-OH is 1. The Morgan fingerprint density at radius 3 is 2.51 bits per heavy atom. The van der Waals surface area contributed by atoms with Gasteiger partial charge in [-0.3, -0.25) is 9.97 Å². The molecule has 2 aliphatic heterocycles. The molecule has 1 aromatic carbocycles. The summed E-state index contributed by atoms with van der Waals surface area (Å²) in [6.07, 6.45) is 2.57. The number of aryl methyl sites for hydroxylation is 3. The molecule has 3 aromatic rings. The number of carbonyl (C=O) groups is 1. The molecule has 2 atom stereocenters. The summed E-state index contributed by atoms with van der Waals surface area (Å²) in [6, 6.07) is 12.3. The maximum absolute atomic E-state index is 13.6. The summed E-state index contributed by atoms with van der Waals surface area (Å²) < 4.78 is 18.5. The van der Waals surface area contributed by atoms with Crippen molar-refractivity contribution in [2.75, 3.05) is 24.6 Å². The van der Waals surface area contributed by atoms with Crippen molar-refractivity contribution in [3.63, 3.8) is 0 Å². The van der Waals surface area contributed by atoms with Gasteiger partial charge < -0.3 is 24.2 Å². The molecule has 2 aromatic heterocycles. The fraction of sp³-hybridized carbons (Fsp3) is 0.541. The van der Waals surface area contributed by atoms with Crippen molar-refractivity contribution < 1.29 is 24.1 Å². The smallest absolute Gasteiger partial charge is 0.340 e. The van der Waals surface area contributed by atoms with Crippen molar-refractivity contribution in [3.05, 3.63) is 70.3 Å². The zero-order chi connectivity index (χ0) is 32.5. The number of pyridine rings is 2. The summed E-state index contributed by atoms with van der Waals surface area (Å²) in [7, 11) is 0. The first kappa shape index (κ1) is 32.9. The molecule has 0 amide bonds. The molecular weight excluding hydrogens is 566 g/mol. The fourth-order valence-electron chi connectivity index (χ4n) is 6.45. The average Bonchev–Trinajstić information content (AvgIpc) is 2.98. The third-order valence-corrected chi connectivity index (χ3v) is 8.82. The van der Waals surface area contributed by atoms with E-state index in [0.29, 0.717) is 17.0 Å². The summed E-state index contributed by atoms with van der Waals surface area (Å²) in [5.41, 5.74) is 7.20. The van der Waals surface area contributed by atoms with E-state index in [1.807, 2.05) is 65.0 Å². The van der Waals surface area contributed by atoms with Gasteiger partial charge in [0.05, 0.1) is 35.9 Å². The van der Waals surface area contributed by atoms with Crippen LogP contribution in [-0.4, -0.2) is 46.3 Å². The second-order valence-corrected chi connectivity index (χ2v) is 14.1. The van der Waals surface area contributed by atoms with Gasteiger partial charge in [-0.25, -0.2) is 4.79 Å². The van der Waals surface area contributed by atoms with Crippen LogP contribution in [0.25, 0.3) is 11.1 Å². The van der Waals surface area contributed by atoms with Crippen LogP contribution in [0.5, 0.6) is 5.75 Å². The van der Waals surface area contributed by atoms with Gasteiger partial charge in [-0.2, -0.15) is 0 Å². The molecule has 5 rings (SSSR count). The standard InChI is InChI=1S/C37H49N3O5/c1-9-43-35(42)34(45-36(4,5)6)31-24(3)39-28(22-41)32(33(31)40-19-17-37(7,8)18-20-40)26-14-15-29-25(21-26)13-16-30(44-29)27-12-10-11-23(2)38-27/h10-12,14-15,21,30,34,41H,9,13,16-20,22H2,1-8H3/t30?,34-/m0/s1. The lowest BCUT2D eigenvalue weighted by molar-refractivity contribution is -0.166. The Morgan fingerprint density at radius 1 is 1.13 bits per heavy atom. The number of hydrogen-bond acceptors (Lipinski definition) is 8. The molecule has 242 valence electrons. The zero-order valence-electron chi connectivity index (χ0n) is 28.2. The summed E-state index contributed by atoms with van der Waals surface area (Å²) >= 11 is 0. The molecule has 0 aliphatic carbocycles. The second-order valence-electron chi connectivity index (χ2n) is 14.1. The SMILES string of the molecule is CCOC(=O)[C@@H](OC(C)(C)C)c1c(C)nc(CO)c(-c2ccc3c(c2)CCC(c2cccc(C)n2)O3)c1N1CCC(C)(C)CC1. The highest BCUT2D eigenvalue weighted by Gasteiger charge is 2.38. The van der Waals surface area contributed by atoms with Crippen LogP contribution in [0.2, 0.25) is 0 Å². The Kier molecular flexibility index (Phi) is 9.57. The predicted octanol–water partition coefficient (Wildman–Crippen LogP) is 7.36. The van der Waals surface area contributed by atoms with E-state index >= 15 is 0 Å². The van der Waals surface area contributed by atoms with E-state index in [1.165, 1.54) is 0 Å². The number of rotatable bonds is 8. The van der Waals surface area contributed by atoms with Gasteiger partial charge in [0.25, 0.3) is 0 Å². The number of anilines is 1. The van der Waals surface area contributed by atoms with Gasteiger partial charge in [0.1, 0.15) is 11.9 Å². The molecule has 0 saturated carbocycles. The molecule has 8 nitrogen and oxygen atoms in total. The fourth-order valence-corrected chi connectivity index (χ4v) is 6.45.